The van der Waals surface area contributed by atoms with Gasteiger partial charge < -0.3 is 9.84 Å². The van der Waals surface area contributed by atoms with Crippen molar-refractivity contribution >= 4 is 0 Å². The van der Waals surface area contributed by atoms with E-state index in [4.69, 9.17) is 4.74 Å². The number of fused-ring (bicyclic) bond motifs is 1. The second kappa shape index (κ2) is 4.67. The number of hydrogen-bond acceptors (Lipinski definition) is 2. The molecule has 1 fully saturated rings. The lowest BCUT2D eigenvalue weighted by Crippen LogP contribution is -2.36. The molecule has 0 amide bonds. The van der Waals surface area contributed by atoms with Gasteiger partial charge in [-0.25, -0.2) is 0 Å². The van der Waals surface area contributed by atoms with Crippen LogP contribution in [0.15, 0.2) is 18.2 Å². The van der Waals surface area contributed by atoms with Crippen molar-refractivity contribution in [2.45, 2.75) is 56.7 Å². The first-order valence-corrected chi connectivity index (χ1v) is 7.09. The SMILES string of the molecule is COC1CCCC(O)(c2ccc3c(c2)CCC3)C1. The summed E-state index contributed by atoms with van der Waals surface area (Å²) in [6.45, 7) is 0. The Balaban J connectivity index is 1.88. The van der Waals surface area contributed by atoms with Gasteiger partial charge in [-0.3, -0.25) is 0 Å². The molecule has 0 saturated heterocycles. The molecule has 0 aromatic heterocycles. The number of aryl methyl sites for hydroxylation is 2. The van der Waals surface area contributed by atoms with Gasteiger partial charge >= 0.3 is 0 Å². The molecule has 0 aliphatic heterocycles. The highest BCUT2D eigenvalue weighted by atomic mass is 16.5. The van der Waals surface area contributed by atoms with Crippen molar-refractivity contribution < 1.29 is 9.84 Å². The monoisotopic (exact) mass is 246 g/mol. The van der Waals surface area contributed by atoms with Crippen LogP contribution in [0.25, 0.3) is 0 Å². The van der Waals surface area contributed by atoms with E-state index in [2.05, 4.69) is 18.2 Å². The van der Waals surface area contributed by atoms with Crippen molar-refractivity contribution in [3.05, 3.63) is 34.9 Å². The lowest BCUT2D eigenvalue weighted by atomic mass is 9.77. The lowest BCUT2D eigenvalue weighted by molar-refractivity contribution is -0.0632. The molecular formula is C16H22O2. The molecular weight excluding hydrogens is 224 g/mol. The Hall–Kier alpha value is -0.860. The molecule has 1 aromatic rings. The van der Waals surface area contributed by atoms with Crippen LogP contribution in [0.4, 0.5) is 0 Å². The second-order valence-corrected chi connectivity index (χ2v) is 5.82. The first-order chi connectivity index (χ1) is 8.71. The largest absolute Gasteiger partial charge is 0.385 e. The maximum atomic E-state index is 10.9. The molecule has 0 radical (unpaired) electrons. The molecule has 0 heterocycles. The van der Waals surface area contributed by atoms with Crippen molar-refractivity contribution in [3.63, 3.8) is 0 Å². The summed E-state index contributed by atoms with van der Waals surface area (Å²) < 4.78 is 5.44. The Morgan fingerprint density at radius 2 is 2.06 bits per heavy atom. The van der Waals surface area contributed by atoms with E-state index in [9.17, 15) is 5.11 Å². The minimum atomic E-state index is -0.670. The van der Waals surface area contributed by atoms with Crippen molar-refractivity contribution in [2.24, 2.45) is 0 Å². The fourth-order valence-corrected chi connectivity index (χ4v) is 3.53. The van der Waals surface area contributed by atoms with Gasteiger partial charge in [-0.05, 0) is 55.2 Å². The molecule has 2 atom stereocenters. The predicted molar refractivity (Wildman–Crippen MR) is 71.6 cm³/mol. The fourth-order valence-electron chi connectivity index (χ4n) is 3.53. The van der Waals surface area contributed by atoms with Crippen LogP contribution in [-0.2, 0) is 23.2 Å². The Morgan fingerprint density at radius 1 is 1.22 bits per heavy atom. The third kappa shape index (κ3) is 2.08. The van der Waals surface area contributed by atoms with Crippen molar-refractivity contribution in [3.8, 4) is 0 Å². The van der Waals surface area contributed by atoms with E-state index in [1.807, 2.05) is 0 Å². The molecule has 0 spiro atoms. The van der Waals surface area contributed by atoms with E-state index >= 15 is 0 Å². The van der Waals surface area contributed by atoms with Crippen LogP contribution in [0.3, 0.4) is 0 Å². The molecule has 3 rings (SSSR count). The number of methoxy groups -OCH3 is 1. The van der Waals surface area contributed by atoms with Gasteiger partial charge in [0.05, 0.1) is 11.7 Å². The third-order valence-electron chi connectivity index (χ3n) is 4.65. The van der Waals surface area contributed by atoms with Gasteiger partial charge in [0.25, 0.3) is 0 Å². The number of rotatable bonds is 2. The zero-order valence-electron chi connectivity index (χ0n) is 11.1. The number of hydrogen-bond donors (Lipinski definition) is 1. The average molecular weight is 246 g/mol. The average Bonchev–Trinajstić information content (AvgIpc) is 2.86. The molecule has 0 bridgehead atoms. The van der Waals surface area contributed by atoms with E-state index in [1.54, 1.807) is 7.11 Å². The van der Waals surface area contributed by atoms with E-state index in [1.165, 1.54) is 30.4 Å². The summed E-state index contributed by atoms with van der Waals surface area (Å²) in [5, 5.41) is 10.9. The predicted octanol–water partition coefficient (Wildman–Crippen LogP) is 2.95. The van der Waals surface area contributed by atoms with Crippen molar-refractivity contribution in [2.75, 3.05) is 7.11 Å². The minimum Gasteiger partial charge on any atom is -0.385 e. The summed E-state index contributed by atoms with van der Waals surface area (Å²) in [6.07, 6.45) is 7.57. The first-order valence-electron chi connectivity index (χ1n) is 7.09. The van der Waals surface area contributed by atoms with Crippen molar-refractivity contribution in [1.82, 2.24) is 0 Å². The normalized spacial score (nSPS) is 31.3. The van der Waals surface area contributed by atoms with Gasteiger partial charge in [0, 0.05) is 13.5 Å². The molecule has 98 valence electrons. The summed E-state index contributed by atoms with van der Waals surface area (Å²) in [4.78, 5) is 0. The summed E-state index contributed by atoms with van der Waals surface area (Å²) in [7, 11) is 1.75. The zero-order valence-corrected chi connectivity index (χ0v) is 11.1. The van der Waals surface area contributed by atoms with Crippen LogP contribution in [0.1, 0.15) is 48.8 Å². The first kappa shape index (κ1) is 12.2. The Kier molecular flexibility index (Phi) is 3.16. The summed E-state index contributed by atoms with van der Waals surface area (Å²) in [6, 6.07) is 6.58. The Morgan fingerprint density at radius 3 is 2.89 bits per heavy atom. The van der Waals surface area contributed by atoms with E-state index in [0.717, 1.165) is 31.2 Å². The molecule has 2 heteroatoms. The van der Waals surface area contributed by atoms with E-state index in [-0.39, 0.29) is 6.10 Å². The van der Waals surface area contributed by atoms with Gasteiger partial charge in [-0.15, -0.1) is 0 Å². The quantitative estimate of drug-likeness (QED) is 0.869. The van der Waals surface area contributed by atoms with Gasteiger partial charge in [-0.2, -0.15) is 0 Å². The molecule has 2 aliphatic rings. The van der Waals surface area contributed by atoms with Gasteiger partial charge in [0.1, 0.15) is 0 Å². The maximum absolute atomic E-state index is 10.9. The van der Waals surface area contributed by atoms with E-state index < -0.39 is 5.60 Å². The molecule has 18 heavy (non-hydrogen) atoms. The van der Waals surface area contributed by atoms with Gasteiger partial charge in [-0.1, -0.05) is 18.2 Å². The van der Waals surface area contributed by atoms with Crippen LogP contribution in [0.2, 0.25) is 0 Å². The molecule has 2 unspecified atom stereocenters. The molecule has 2 aliphatic carbocycles. The Labute approximate surface area is 109 Å². The van der Waals surface area contributed by atoms with Gasteiger partial charge in [0.15, 0.2) is 0 Å². The highest BCUT2D eigenvalue weighted by Gasteiger charge is 2.36. The highest BCUT2D eigenvalue weighted by Crippen LogP contribution is 2.39. The lowest BCUT2D eigenvalue weighted by Gasteiger charge is -2.36. The van der Waals surface area contributed by atoms with Crippen LogP contribution in [0, 0.1) is 0 Å². The molecule has 1 N–H and O–H groups in total. The smallest absolute Gasteiger partial charge is 0.0921 e. The fraction of sp³-hybridized carbons (Fsp3) is 0.625. The maximum Gasteiger partial charge on any atom is 0.0921 e. The molecule has 1 aromatic carbocycles. The summed E-state index contributed by atoms with van der Waals surface area (Å²) >= 11 is 0. The molecule has 2 nitrogen and oxygen atoms in total. The van der Waals surface area contributed by atoms with Crippen molar-refractivity contribution in [1.29, 1.82) is 0 Å². The Bertz CT molecular complexity index is 441. The van der Waals surface area contributed by atoms with Gasteiger partial charge in [0.2, 0.25) is 0 Å². The minimum absolute atomic E-state index is 0.206. The zero-order chi connectivity index (χ0) is 12.6. The second-order valence-electron chi connectivity index (χ2n) is 5.82. The topological polar surface area (TPSA) is 29.5 Å². The highest BCUT2D eigenvalue weighted by molar-refractivity contribution is 5.38. The number of aliphatic hydroxyl groups is 1. The number of ether oxygens (including phenoxy) is 1. The van der Waals surface area contributed by atoms with Crippen LogP contribution >= 0.6 is 0 Å². The van der Waals surface area contributed by atoms with Crippen LogP contribution < -0.4 is 0 Å². The van der Waals surface area contributed by atoms with E-state index in [0.29, 0.717) is 0 Å². The van der Waals surface area contributed by atoms with Crippen LogP contribution in [-0.4, -0.2) is 18.3 Å². The van der Waals surface area contributed by atoms with Crippen LogP contribution in [0.5, 0.6) is 0 Å². The summed E-state index contributed by atoms with van der Waals surface area (Å²) in [5.74, 6) is 0. The molecule has 1 saturated carbocycles. The third-order valence-corrected chi connectivity index (χ3v) is 4.65. The number of benzene rings is 1. The summed E-state index contributed by atoms with van der Waals surface area (Å²) in [5.41, 5.74) is 3.35. The standard InChI is InChI=1S/C16H22O2/c1-18-15-6-3-9-16(17,11-15)14-8-7-12-4-2-5-13(12)10-14/h7-8,10,15,17H,2-6,9,11H2,1H3.